The fourth-order valence-corrected chi connectivity index (χ4v) is 1.32. The molecular weight excluding hydrogens is 182 g/mol. The van der Waals surface area contributed by atoms with Gasteiger partial charge in [0.1, 0.15) is 0 Å². The fraction of sp³-hybridized carbons (Fsp3) is 0.800. The number of nitrogens with zero attached hydrogens (tertiary/aromatic N) is 1. The molecule has 0 aliphatic heterocycles. The van der Waals surface area contributed by atoms with Crippen LogP contribution in [0.1, 0.15) is 20.3 Å². The molecule has 0 saturated carbocycles. The molecule has 0 aliphatic rings. The van der Waals surface area contributed by atoms with E-state index in [1.165, 1.54) is 6.92 Å². The van der Waals surface area contributed by atoms with E-state index in [0.717, 1.165) is 4.41 Å². The molecule has 0 aromatic carbocycles. The molecule has 7 heteroatoms. The van der Waals surface area contributed by atoms with Gasteiger partial charge in [0.2, 0.25) is 5.91 Å². The van der Waals surface area contributed by atoms with Gasteiger partial charge in [-0.15, -0.1) is 4.41 Å². The molecular formula is C5H13N3O3S. The monoisotopic (exact) mass is 195 g/mol. The minimum absolute atomic E-state index is 0.179. The lowest BCUT2D eigenvalue weighted by Gasteiger charge is -2.17. The molecule has 0 bridgehead atoms. The van der Waals surface area contributed by atoms with E-state index in [-0.39, 0.29) is 6.54 Å². The van der Waals surface area contributed by atoms with Crippen LogP contribution >= 0.6 is 0 Å². The predicted molar refractivity (Wildman–Crippen MR) is 43.9 cm³/mol. The van der Waals surface area contributed by atoms with Gasteiger partial charge in [-0.25, -0.2) is 5.14 Å². The second-order valence-corrected chi connectivity index (χ2v) is 3.76. The maximum absolute atomic E-state index is 10.7. The SMILES string of the molecule is CCCN(NC(C)=O)S(N)(=O)=O. The Kier molecular flexibility index (Phi) is 4.15. The summed E-state index contributed by atoms with van der Waals surface area (Å²) in [6.45, 7) is 3.17. The zero-order valence-electron chi connectivity index (χ0n) is 7.07. The van der Waals surface area contributed by atoms with Crippen molar-refractivity contribution >= 4 is 16.1 Å². The summed E-state index contributed by atoms with van der Waals surface area (Å²) in [5.74, 6) is -0.461. The first kappa shape index (κ1) is 11.3. The Labute approximate surface area is 71.9 Å². The molecule has 0 heterocycles. The minimum Gasteiger partial charge on any atom is -0.275 e. The third kappa shape index (κ3) is 4.27. The largest absolute Gasteiger partial charge is 0.293 e. The van der Waals surface area contributed by atoms with Crippen molar-refractivity contribution < 1.29 is 13.2 Å². The maximum Gasteiger partial charge on any atom is 0.293 e. The Hall–Kier alpha value is -0.660. The van der Waals surface area contributed by atoms with E-state index in [1.807, 2.05) is 0 Å². The Morgan fingerprint density at radius 1 is 1.58 bits per heavy atom. The van der Waals surface area contributed by atoms with Crippen molar-refractivity contribution in [3.63, 3.8) is 0 Å². The Balaban J connectivity index is 4.34. The van der Waals surface area contributed by atoms with Crippen LogP contribution in [-0.2, 0) is 15.0 Å². The summed E-state index contributed by atoms with van der Waals surface area (Å²) >= 11 is 0. The van der Waals surface area contributed by atoms with Crippen LogP contribution in [0.4, 0.5) is 0 Å². The molecule has 0 rings (SSSR count). The van der Waals surface area contributed by atoms with Crippen LogP contribution in [-0.4, -0.2) is 25.3 Å². The van der Waals surface area contributed by atoms with Gasteiger partial charge >= 0.3 is 0 Å². The molecule has 3 N–H and O–H groups in total. The van der Waals surface area contributed by atoms with E-state index < -0.39 is 16.1 Å². The van der Waals surface area contributed by atoms with Crippen LogP contribution in [0.3, 0.4) is 0 Å². The number of rotatable bonds is 4. The van der Waals surface area contributed by atoms with Crippen LogP contribution in [0.15, 0.2) is 0 Å². The number of nitrogens with one attached hydrogen (secondary N) is 1. The average molecular weight is 195 g/mol. The molecule has 0 aromatic rings. The highest BCUT2D eigenvalue weighted by atomic mass is 32.2. The first-order valence-electron chi connectivity index (χ1n) is 3.45. The highest BCUT2D eigenvalue weighted by molar-refractivity contribution is 7.86. The highest BCUT2D eigenvalue weighted by Gasteiger charge is 2.16. The lowest BCUT2D eigenvalue weighted by Crippen LogP contribution is -2.48. The molecule has 0 radical (unpaired) electrons. The van der Waals surface area contributed by atoms with Gasteiger partial charge in [0.05, 0.1) is 0 Å². The molecule has 72 valence electrons. The normalized spacial score (nSPS) is 11.7. The summed E-state index contributed by atoms with van der Waals surface area (Å²) < 4.78 is 22.2. The molecule has 0 aliphatic carbocycles. The molecule has 1 amide bonds. The van der Waals surface area contributed by atoms with Gasteiger partial charge < -0.3 is 0 Å². The van der Waals surface area contributed by atoms with Gasteiger partial charge in [0.25, 0.3) is 10.2 Å². The molecule has 12 heavy (non-hydrogen) atoms. The molecule has 0 fully saturated rings. The summed E-state index contributed by atoms with van der Waals surface area (Å²) in [7, 11) is -3.82. The maximum atomic E-state index is 10.7. The lowest BCUT2D eigenvalue weighted by atomic mass is 10.5. The summed E-state index contributed by atoms with van der Waals surface area (Å²) in [4.78, 5) is 10.5. The van der Waals surface area contributed by atoms with E-state index in [0.29, 0.717) is 6.42 Å². The van der Waals surface area contributed by atoms with E-state index in [9.17, 15) is 13.2 Å². The molecule has 0 atom stereocenters. The van der Waals surface area contributed by atoms with Crippen molar-refractivity contribution in [2.75, 3.05) is 6.54 Å². The molecule has 0 spiro atoms. The lowest BCUT2D eigenvalue weighted by molar-refractivity contribution is -0.121. The number of hydrogen-bond donors (Lipinski definition) is 2. The van der Waals surface area contributed by atoms with Gasteiger partial charge in [-0.2, -0.15) is 8.42 Å². The van der Waals surface area contributed by atoms with Crippen molar-refractivity contribution in [2.45, 2.75) is 20.3 Å². The summed E-state index contributed by atoms with van der Waals surface area (Å²) in [5.41, 5.74) is 2.10. The second kappa shape index (κ2) is 4.39. The minimum atomic E-state index is -3.82. The zero-order valence-corrected chi connectivity index (χ0v) is 7.89. The second-order valence-electron chi connectivity index (χ2n) is 2.29. The van der Waals surface area contributed by atoms with E-state index in [2.05, 4.69) is 5.43 Å². The molecule has 0 unspecified atom stereocenters. The molecule has 0 saturated heterocycles. The Morgan fingerprint density at radius 3 is 2.33 bits per heavy atom. The number of carbonyl (C=O) groups is 1. The van der Waals surface area contributed by atoms with Crippen molar-refractivity contribution in [1.82, 2.24) is 9.84 Å². The zero-order chi connectivity index (χ0) is 9.78. The first-order chi connectivity index (χ1) is 5.38. The Morgan fingerprint density at radius 2 is 2.08 bits per heavy atom. The van der Waals surface area contributed by atoms with Gasteiger partial charge in [-0.3, -0.25) is 10.2 Å². The van der Waals surface area contributed by atoms with E-state index in [4.69, 9.17) is 5.14 Å². The van der Waals surface area contributed by atoms with Crippen molar-refractivity contribution in [1.29, 1.82) is 0 Å². The van der Waals surface area contributed by atoms with E-state index in [1.54, 1.807) is 6.92 Å². The highest BCUT2D eigenvalue weighted by Crippen LogP contribution is 1.91. The van der Waals surface area contributed by atoms with Crippen molar-refractivity contribution in [3.05, 3.63) is 0 Å². The van der Waals surface area contributed by atoms with Gasteiger partial charge in [0, 0.05) is 13.5 Å². The third-order valence-electron chi connectivity index (χ3n) is 1.02. The average Bonchev–Trinajstić information content (AvgIpc) is 1.83. The number of amides is 1. The smallest absolute Gasteiger partial charge is 0.275 e. The summed E-state index contributed by atoms with van der Waals surface area (Å²) in [6, 6.07) is 0. The van der Waals surface area contributed by atoms with Crippen LogP contribution in [0.2, 0.25) is 0 Å². The van der Waals surface area contributed by atoms with Crippen molar-refractivity contribution in [2.24, 2.45) is 5.14 Å². The standard InChI is InChI=1S/C5H13N3O3S/c1-3-4-8(7-5(2)9)12(6,10)11/h3-4H2,1-2H3,(H,7,9)(H2,6,10,11). The van der Waals surface area contributed by atoms with Gasteiger partial charge in [-0.1, -0.05) is 6.92 Å². The van der Waals surface area contributed by atoms with E-state index >= 15 is 0 Å². The number of nitrogens with two attached hydrogens (primary N) is 1. The first-order valence-corrected chi connectivity index (χ1v) is 4.96. The predicted octanol–water partition coefficient (Wildman–Crippen LogP) is -1.05. The molecule has 6 nitrogen and oxygen atoms in total. The quantitative estimate of drug-likeness (QED) is 0.561. The molecule has 0 aromatic heterocycles. The Bertz CT molecular complexity index is 249. The van der Waals surface area contributed by atoms with Gasteiger partial charge in [-0.05, 0) is 6.42 Å². The van der Waals surface area contributed by atoms with Gasteiger partial charge in [0.15, 0.2) is 0 Å². The number of carbonyl (C=O) groups excluding carboxylic acids is 1. The van der Waals surface area contributed by atoms with Crippen molar-refractivity contribution in [3.8, 4) is 0 Å². The summed E-state index contributed by atoms with van der Waals surface area (Å²) in [5, 5.41) is 4.80. The van der Waals surface area contributed by atoms with Crippen LogP contribution < -0.4 is 10.6 Å². The number of hydrazine groups is 1. The summed E-state index contributed by atoms with van der Waals surface area (Å²) in [6.07, 6.45) is 0.580. The van der Waals surface area contributed by atoms with Crippen LogP contribution in [0.25, 0.3) is 0 Å². The van der Waals surface area contributed by atoms with Crippen LogP contribution in [0.5, 0.6) is 0 Å². The third-order valence-corrected chi connectivity index (χ3v) is 1.90. The van der Waals surface area contributed by atoms with Crippen LogP contribution in [0, 0.1) is 0 Å². The fourth-order valence-electron chi connectivity index (χ4n) is 0.625. The topological polar surface area (TPSA) is 92.5 Å². The number of hydrogen-bond acceptors (Lipinski definition) is 3.